The smallest absolute Gasteiger partial charge is 0.146 e. The van der Waals surface area contributed by atoms with Crippen LogP contribution in [0.25, 0.3) is 11.0 Å². The fraction of sp³-hybridized carbons (Fsp3) is 0.0500. The third-order valence-electron chi connectivity index (χ3n) is 3.86. The second-order valence-electron chi connectivity index (χ2n) is 5.49. The quantitative estimate of drug-likeness (QED) is 0.613. The summed E-state index contributed by atoms with van der Waals surface area (Å²) in [5, 5.41) is 3.47. The topological polar surface area (TPSA) is 50.7 Å². The van der Waals surface area contributed by atoms with Crippen molar-refractivity contribution < 1.29 is 0 Å². The lowest BCUT2D eigenvalue weighted by atomic mass is 10.0. The van der Waals surface area contributed by atoms with Gasteiger partial charge < -0.3 is 5.32 Å². The lowest BCUT2D eigenvalue weighted by molar-refractivity contribution is 0.878. The Labute approximate surface area is 140 Å². The highest BCUT2D eigenvalue weighted by atomic mass is 15.0. The zero-order valence-corrected chi connectivity index (χ0v) is 13.0. The summed E-state index contributed by atoms with van der Waals surface area (Å²) in [6.07, 6.45) is 3.57. The summed E-state index contributed by atoms with van der Waals surface area (Å²) in [6, 6.07) is 23.9. The number of pyridine rings is 1. The minimum absolute atomic E-state index is 0.0807. The summed E-state index contributed by atoms with van der Waals surface area (Å²) in [5.74, 6) is 0.730. The molecule has 0 fully saturated rings. The molecule has 1 unspecified atom stereocenters. The van der Waals surface area contributed by atoms with Crippen LogP contribution < -0.4 is 5.32 Å². The molecule has 0 saturated heterocycles. The Bertz CT molecular complexity index is 900. The molecule has 0 aliphatic heterocycles. The number of anilines is 1. The number of benzene rings is 2. The normalized spacial score (nSPS) is 12.0. The Morgan fingerprint density at radius 3 is 2.25 bits per heavy atom. The maximum absolute atomic E-state index is 4.66. The molecule has 0 amide bonds. The van der Waals surface area contributed by atoms with E-state index in [2.05, 4.69) is 32.4 Å². The van der Waals surface area contributed by atoms with Crippen molar-refractivity contribution in [2.75, 3.05) is 5.32 Å². The van der Waals surface area contributed by atoms with Crippen LogP contribution in [0.4, 0.5) is 5.82 Å². The van der Waals surface area contributed by atoms with Crippen LogP contribution in [0.5, 0.6) is 0 Å². The Morgan fingerprint density at radius 2 is 1.46 bits per heavy atom. The number of fused-ring (bicyclic) bond motifs is 1. The zero-order chi connectivity index (χ0) is 16.2. The molecule has 0 aliphatic carbocycles. The standard InChI is InChI=1S/C20H16N4/c1-2-8-15(9-3-1)20(18-12-6-7-13-21-18)24-19-14-22-16-10-4-5-11-17(16)23-19/h1-14,20H,(H,23,24). The van der Waals surface area contributed by atoms with Crippen LogP contribution in [-0.2, 0) is 0 Å². The van der Waals surface area contributed by atoms with E-state index >= 15 is 0 Å². The predicted molar refractivity (Wildman–Crippen MR) is 95.7 cm³/mol. The number of nitrogens with one attached hydrogen (secondary N) is 1. The van der Waals surface area contributed by atoms with Crippen molar-refractivity contribution in [3.8, 4) is 0 Å². The summed E-state index contributed by atoms with van der Waals surface area (Å²) in [4.78, 5) is 13.6. The molecule has 0 spiro atoms. The van der Waals surface area contributed by atoms with Crippen molar-refractivity contribution in [2.24, 2.45) is 0 Å². The van der Waals surface area contributed by atoms with Gasteiger partial charge in [0, 0.05) is 6.20 Å². The molecule has 116 valence electrons. The van der Waals surface area contributed by atoms with Crippen LogP contribution in [-0.4, -0.2) is 15.0 Å². The molecule has 24 heavy (non-hydrogen) atoms. The van der Waals surface area contributed by atoms with Crippen LogP contribution in [0.1, 0.15) is 17.3 Å². The monoisotopic (exact) mass is 312 g/mol. The molecule has 0 aliphatic rings. The number of para-hydroxylation sites is 2. The predicted octanol–water partition coefficient (Wildman–Crippen LogP) is 4.23. The summed E-state index contributed by atoms with van der Waals surface area (Å²) in [5.41, 5.74) is 3.83. The van der Waals surface area contributed by atoms with Gasteiger partial charge in [-0.15, -0.1) is 0 Å². The minimum atomic E-state index is -0.0807. The van der Waals surface area contributed by atoms with Gasteiger partial charge in [0.1, 0.15) is 5.82 Å². The van der Waals surface area contributed by atoms with E-state index in [1.165, 1.54) is 0 Å². The van der Waals surface area contributed by atoms with E-state index in [1.54, 1.807) is 12.4 Å². The second kappa shape index (κ2) is 6.46. The average Bonchev–Trinajstić information content (AvgIpc) is 2.67. The van der Waals surface area contributed by atoms with Crippen molar-refractivity contribution in [1.29, 1.82) is 0 Å². The van der Waals surface area contributed by atoms with E-state index in [9.17, 15) is 0 Å². The Balaban J connectivity index is 1.73. The number of rotatable bonds is 4. The SMILES string of the molecule is c1ccc(C(Nc2cnc3ccccc3n2)c2ccccn2)cc1. The van der Waals surface area contributed by atoms with Crippen molar-refractivity contribution in [3.05, 3.63) is 96.4 Å². The first-order chi connectivity index (χ1) is 11.9. The van der Waals surface area contributed by atoms with E-state index in [0.717, 1.165) is 28.1 Å². The molecule has 4 rings (SSSR count). The average molecular weight is 312 g/mol. The number of aromatic nitrogens is 3. The summed E-state index contributed by atoms with van der Waals surface area (Å²) < 4.78 is 0. The second-order valence-corrected chi connectivity index (χ2v) is 5.49. The highest BCUT2D eigenvalue weighted by Crippen LogP contribution is 2.24. The Kier molecular flexibility index (Phi) is 3.86. The molecular formula is C20H16N4. The highest BCUT2D eigenvalue weighted by Gasteiger charge is 2.15. The zero-order valence-electron chi connectivity index (χ0n) is 13.0. The van der Waals surface area contributed by atoms with Crippen LogP contribution in [0.3, 0.4) is 0 Å². The largest absolute Gasteiger partial charge is 0.356 e. The molecule has 4 heteroatoms. The summed E-state index contributed by atoms with van der Waals surface area (Å²) >= 11 is 0. The first-order valence-corrected chi connectivity index (χ1v) is 7.84. The lowest BCUT2D eigenvalue weighted by Crippen LogP contribution is -2.14. The van der Waals surface area contributed by atoms with Gasteiger partial charge >= 0.3 is 0 Å². The molecule has 1 atom stereocenters. The molecular weight excluding hydrogens is 296 g/mol. The Hall–Kier alpha value is -3.27. The lowest BCUT2D eigenvalue weighted by Gasteiger charge is -2.19. The van der Waals surface area contributed by atoms with Gasteiger partial charge in [-0.2, -0.15) is 0 Å². The van der Waals surface area contributed by atoms with Gasteiger partial charge in [-0.1, -0.05) is 48.5 Å². The molecule has 0 bridgehead atoms. The third kappa shape index (κ3) is 2.94. The van der Waals surface area contributed by atoms with Crippen molar-refractivity contribution in [2.45, 2.75) is 6.04 Å². The highest BCUT2D eigenvalue weighted by molar-refractivity contribution is 5.75. The first kappa shape index (κ1) is 14.3. The minimum Gasteiger partial charge on any atom is -0.356 e. The van der Waals surface area contributed by atoms with Crippen molar-refractivity contribution in [3.63, 3.8) is 0 Å². The first-order valence-electron chi connectivity index (χ1n) is 7.84. The molecule has 0 radical (unpaired) electrons. The van der Waals surface area contributed by atoms with Crippen LogP contribution >= 0.6 is 0 Å². The molecule has 2 heterocycles. The van der Waals surface area contributed by atoms with Crippen molar-refractivity contribution >= 4 is 16.9 Å². The van der Waals surface area contributed by atoms with Crippen molar-refractivity contribution in [1.82, 2.24) is 15.0 Å². The molecule has 2 aromatic heterocycles. The number of hydrogen-bond acceptors (Lipinski definition) is 4. The Morgan fingerprint density at radius 1 is 0.708 bits per heavy atom. The molecule has 4 nitrogen and oxygen atoms in total. The van der Waals surface area contributed by atoms with Crippen LogP contribution in [0.15, 0.2) is 85.2 Å². The van der Waals surface area contributed by atoms with E-state index in [4.69, 9.17) is 0 Å². The van der Waals surface area contributed by atoms with Gasteiger partial charge in [-0.25, -0.2) is 4.98 Å². The molecule has 2 aromatic carbocycles. The number of nitrogens with zero attached hydrogens (tertiary/aromatic N) is 3. The van der Waals surface area contributed by atoms with Crippen LogP contribution in [0, 0.1) is 0 Å². The summed E-state index contributed by atoms with van der Waals surface area (Å²) in [7, 11) is 0. The van der Waals surface area contributed by atoms with Gasteiger partial charge in [-0.3, -0.25) is 9.97 Å². The fourth-order valence-corrected chi connectivity index (χ4v) is 2.69. The van der Waals surface area contributed by atoms with Gasteiger partial charge in [0.15, 0.2) is 0 Å². The molecule has 0 saturated carbocycles. The summed E-state index contributed by atoms with van der Waals surface area (Å²) in [6.45, 7) is 0. The van der Waals surface area contributed by atoms with Gasteiger partial charge in [0.2, 0.25) is 0 Å². The third-order valence-corrected chi connectivity index (χ3v) is 3.86. The van der Waals surface area contributed by atoms with Crippen LogP contribution in [0.2, 0.25) is 0 Å². The van der Waals surface area contributed by atoms with E-state index < -0.39 is 0 Å². The van der Waals surface area contributed by atoms with Gasteiger partial charge in [-0.05, 0) is 29.8 Å². The maximum atomic E-state index is 4.66. The number of hydrogen-bond donors (Lipinski definition) is 1. The van der Waals surface area contributed by atoms with E-state index in [0.29, 0.717) is 0 Å². The molecule has 1 N–H and O–H groups in total. The fourth-order valence-electron chi connectivity index (χ4n) is 2.69. The van der Waals surface area contributed by atoms with Gasteiger partial charge in [0.05, 0.1) is 29.0 Å². The van der Waals surface area contributed by atoms with E-state index in [1.807, 2.05) is 60.7 Å². The maximum Gasteiger partial charge on any atom is 0.146 e. The molecule has 4 aromatic rings. The van der Waals surface area contributed by atoms with E-state index in [-0.39, 0.29) is 6.04 Å². The van der Waals surface area contributed by atoms with Gasteiger partial charge in [0.25, 0.3) is 0 Å².